The molecule has 2 N–H and O–H groups in total. The molecule has 0 radical (unpaired) electrons. The van der Waals surface area contributed by atoms with Crippen molar-refractivity contribution in [3.8, 4) is 0 Å². The number of aromatic nitrogens is 3. The van der Waals surface area contributed by atoms with Crippen molar-refractivity contribution in [2.45, 2.75) is 0 Å². The van der Waals surface area contributed by atoms with E-state index < -0.39 is 10.0 Å². The van der Waals surface area contributed by atoms with Crippen LogP contribution in [0.1, 0.15) is 0 Å². The van der Waals surface area contributed by atoms with Gasteiger partial charge in [0.2, 0.25) is 16.0 Å². The summed E-state index contributed by atoms with van der Waals surface area (Å²) in [5.74, 6) is 1.13. The van der Waals surface area contributed by atoms with Gasteiger partial charge in [-0.25, -0.2) is 18.4 Å². The van der Waals surface area contributed by atoms with Crippen LogP contribution < -0.4 is 15.5 Å². The first-order chi connectivity index (χ1) is 14.0. The van der Waals surface area contributed by atoms with E-state index in [0.29, 0.717) is 54.1 Å². The number of pyridine rings is 1. The summed E-state index contributed by atoms with van der Waals surface area (Å²) in [6.07, 6.45) is 1.61. The summed E-state index contributed by atoms with van der Waals surface area (Å²) in [5, 5.41) is 7.52. The van der Waals surface area contributed by atoms with Gasteiger partial charge in [0, 0.05) is 51.2 Å². The number of hydrogen-bond acceptors (Lipinski definition) is 9. The SMILES string of the molecule is O=S(=O)(CCNc1nc(N2CCNCC2)nc2cnc(Cl)cc12)N1CCOCC1. The molecule has 2 aliphatic rings. The van der Waals surface area contributed by atoms with Gasteiger partial charge in [0.05, 0.1) is 30.7 Å². The van der Waals surface area contributed by atoms with Crippen LogP contribution in [0.3, 0.4) is 0 Å². The summed E-state index contributed by atoms with van der Waals surface area (Å²) in [6.45, 7) is 5.22. The Labute approximate surface area is 174 Å². The van der Waals surface area contributed by atoms with E-state index in [4.69, 9.17) is 16.3 Å². The van der Waals surface area contributed by atoms with Gasteiger partial charge in [0.15, 0.2) is 0 Å². The predicted molar refractivity (Wildman–Crippen MR) is 112 cm³/mol. The molecule has 4 heterocycles. The Kier molecular flexibility index (Phi) is 6.30. The first-order valence-electron chi connectivity index (χ1n) is 9.61. The van der Waals surface area contributed by atoms with Crippen LogP contribution in [0.4, 0.5) is 11.8 Å². The van der Waals surface area contributed by atoms with E-state index in [9.17, 15) is 8.42 Å². The lowest BCUT2D eigenvalue weighted by Gasteiger charge is -2.28. The summed E-state index contributed by atoms with van der Waals surface area (Å²) < 4.78 is 31.8. The summed E-state index contributed by atoms with van der Waals surface area (Å²) in [6, 6.07) is 1.69. The number of anilines is 2. The molecule has 4 rings (SSSR count). The Morgan fingerprint density at radius 2 is 1.93 bits per heavy atom. The summed E-state index contributed by atoms with van der Waals surface area (Å²) >= 11 is 6.06. The van der Waals surface area contributed by atoms with Crippen molar-refractivity contribution < 1.29 is 13.2 Å². The number of fused-ring (bicyclic) bond motifs is 1. The molecular formula is C17H24ClN7O3S. The number of sulfonamides is 1. The highest BCUT2D eigenvalue weighted by Gasteiger charge is 2.24. The van der Waals surface area contributed by atoms with Crippen molar-refractivity contribution >= 4 is 44.3 Å². The number of ether oxygens (including phenoxy) is 1. The Morgan fingerprint density at radius 1 is 1.17 bits per heavy atom. The van der Waals surface area contributed by atoms with Gasteiger partial charge in [0.1, 0.15) is 11.0 Å². The number of morpholine rings is 1. The topological polar surface area (TPSA) is 113 Å². The van der Waals surface area contributed by atoms with Crippen LogP contribution >= 0.6 is 11.6 Å². The molecule has 10 nitrogen and oxygen atoms in total. The fraction of sp³-hybridized carbons (Fsp3) is 0.588. The zero-order chi connectivity index (χ0) is 20.3. The average molecular weight is 442 g/mol. The minimum Gasteiger partial charge on any atom is -0.379 e. The standard InChI is InChI=1S/C17H24ClN7O3S/c18-15-11-13-14(12-21-15)22-17(24-4-1-19-2-5-24)23-16(13)20-3-10-29(26,27)25-6-8-28-9-7-25/h11-12,19H,1-10H2,(H,20,22,23). The molecule has 2 fully saturated rings. The van der Waals surface area contributed by atoms with Crippen molar-refractivity contribution in [1.82, 2.24) is 24.6 Å². The molecule has 12 heteroatoms. The van der Waals surface area contributed by atoms with Crippen molar-refractivity contribution in [2.75, 3.05) is 75.0 Å². The van der Waals surface area contributed by atoms with E-state index in [1.54, 1.807) is 12.3 Å². The van der Waals surface area contributed by atoms with E-state index >= 15 is 0 Å². The number of halogens is 1. The van der Waals surface area contributed by atoms with Gasteiger partial charge in [0.25, 0.3) is 0 Å². The van der Waals surface area contributed by atoms with Crippen LogP contribution in [-0.4, -0.2) is 92.5 Å². The number of piperazine rings is 1. The smallest absolute Gasteiger partial charge is 0.228 e. The highest BCUT2D eigenvalue weighted by Crippen LogP contribution is 2.25. The Morgan fingerprint density at radius 3 is 2.69 bits per heavy atom. The largest absolute Gasteiger partial charge is 0.379 e. The number of nitrogens with one attached hydrogen (secondary N) is 2. The van der Waals surface area contributed by atoms with Crippen molar-refractivity contribution in [2.24, 2.45) is 0 Å². The van der Waals surface area contributed by atoms with Crippen molar-refractivity contribution in [3.63, 3.8) is 0 Å². The predicted octanol–water partition coefficient (Wildman–Crippen LogP) is 0.162. The van der Waals surface area contributed by atoms with Gasteiger partial charge in [-0.15, -0.1) is 0 Å². The second kappa shape index (κ2) is 8.92. The molecular weight excluding hydrogens is 418 g/mol. The van der Waals surface area contributed by atoms with E-state index in [0.717, 1.165) is 26.2 Å². The molecule has 0 bridgehead atoms. The first-order valence-corrected chi connectivity index (χ1v) is 11.6. The third kappa shape index (κ3) is 4.86. The first kappa shape index (κ1) is 20.5. The van der Waals surface area contributed by atoms with Crippen LogP contribution in [0.15, 0.2) is 12.3 Å². The molecule has 2 aromatic rings. The van der Waals surface area contributed by atoms with Gasteiger partial charge >= 0.3 is 0 Å². The lowest BCUT2D eigenvalue weighted by molar-refractivity contribution is 0.0731. The zero-order valence-corrected chi connectivity index (χ0v) is 17.5. The van der Waals surface area contributed by atoms with Gasteiger partial charge in [-0.2, -0.15) is 9.29 Å². The highest BCUT2D eigenvalue weighted by atomic mass is 35.5. The van der Waals surface area contributed by atoms with Crippen LogP contribution in [0.5, 0.6) is 0 Å². The second-order valence-corrected chi connectivity index (χ2v) is 9.36. The summed E-state index contributed by atoms with van der Waals surface area (Å²) in [7, 11) is -3.36. The summed E-state index contributed by atoms with van der Waals surface area (Å²) in [5.41, 5.74) is 0.663. The van der Waals surface area contributed by atoms with Gasteiger partial charge in [-0.05, 0) is 6.07 Å². The van der Waals surface area contributed by atoms with Crippen LogP contribution in [0, 0.1) is 0 Å². The van der Waals surface area contributed by atoms with Crippen molar-refractivity contribution in [1.29, 1.82) is 0 Å². The number of rotatable bonds is 6. The van der Waals surface area contributed by atoms with Gasteiger partial charge in [-0.3, -0.25) is 0 Å². The third-order valence-corrected chi connectivity index (χ3v) is 7.03. The second-order valence-electron chi connectivity index (χ2n) is 6.89. The normalized spacial score (nSPS) is 18.9. The highest BCUT2D eigenvalue weighted by molar-refractivity contribution is 7.89. The quantitative estimate of drug-likeness (QED) is 0.605. The fourth-order valence-electron chi connectivity index (χ4n) is 3.39. The molecule has 29 heavy (non-hydrogen) atoms. The summed E-state index contributed by atoms with van der Waals surface area (Å²) in [4.78, 5) is 15.5. The molecule has 2 saturated heterocycles. The molecule has 0 atom stereocenters. The molecule has 158 valence electrons. The van der Waals surface area contributed by atoms with Crippen molar-refractivity contribution in [3.05, 3.63) is 17.4 Å². The molecule has 0 aromatic carbocycles. The van der Waals surface area contributed by atoms with E-state index in [-0.39, 0.29) is 12.3 Å². The molecule has 0 spiro atoms. The Balaban J connectivity index is 1.54. The lowest BCUT2D eigenvalue weighted by atomic mass is 10.3. The third-order valence-electron chi connectivity index (χ3n) is 4.95. The number of nitrogens with zero attached hydrogens (tertiary/aromatic N) is 5. The maximum absolute atomic E-state index is 12.6. The van der Waals surface area contributed by atoms with Gasteiger partial charge < -0.3 is 20.3 Å². The molecule has 0 amide bonds. The maximum Gasteiger partial charge on any atom is 0.228 e. The molecule has 2 aliphatic heterocycles. The zero-order valence-electron chi connectivity index (χ0n) is 16.0. The maximum atomic E-state index is 12.6. The van der Waals surface area contributed by atoms with Gasteiger partial charge in [-0.1, -0.05) is 11.6 Å². The molecule has 0 aliphatic carbocycles. The van der Waals surface area contributed by atoms with E-state index in [2.05, 4.69) is 30.5 Å². The van der Waals surface area contributed by atoms with Crippen LogP contribution in [0.25, 0.3) is 10.9 Å². The monoisotopic (exact) mass is 441 g/mol. The Bertz CT molecular complexity index is 963. The van der Waals surface area contributed by atoms with E-state index in [1.165, 1.54) is 4.31 Å². The molecule has 0 unspecified atom stereocenters. The minimum absolute atomic E-state index is 0.0275. The lowest BCUT2D eigenvalue weighted by Crippen LogP contribution is -2.44. The van der Waals surface area contributed by atoms with Crippen LogP contribution in [-0.2, 0) is 14.8 Å². The average Bonchev–Trinajstić information content (AvgIpc) is 2.75. The fourth-order valence-corrected chi connectivity index (χ4v) is 4.87. The molecule has 0 saturated carbocycles. The molecule has 2 aromatic heterocycles. The Hall–Kier alpha value is -1.79. The van der Waals surface area contributed by atoms with Crippen LogP contribution in [0.2, 0.25) is 5.15 Å². The van der Waals surface area contributed by atoms with E-state index in [1.807, 2.05) is 0 Å². The minimum atomic E-state index is -3.36. The number of hydrogen-bond donors (Lipinski definition) is 2.